The summed E-state index contributed by atoms with van der Waals surface area (Å²) in [7, 11) is 1.77. The summed E-state index contributed by atoms with van der Waals surface area (Å²) in [6, 6.07) is 12.7. The number of hydrogen-bond donors (Lipinski definition) is 3. The minimum absolute atomic E-state index is 0.732. The topological polar surface area (TPSA) is 79.1 Å². The van der Waals surface area contributed by atoms with Gasteiger partial charge in [0.05, 0.1) is 16.7 Å². The van der Waals surface area contributed by atoms with Gasteiger partial charge in [-0.15, -0.1) is 0 Å². The maximum atomic E-state index is 5.60. The Labute approximate surface area is 190 Å². The van der Waals surface area contributed by atoms with Crippen molar-refractivity contribution in [2.24, 2.45) is 10.7 Å². The molecule has 0 aliphatic carbocycles. The summed E-state index contributed by atoms with van der Waals surface area (Å²) in [5.74, 6) is 0.901. The van der Waals surface area contributed by atoms with Crippen molar-refractivity contribution in [2.45, 2.75) is 27.2 Å². The molecule has 3 rings (SSSR count). The Balaban J connectivity index is 2.18. The van der Waals surface area contributed by atoms with Crippen LogP contribution in [0.15, 0.2) is 84.3 Å². The number of rotatable bonds is 8. The average Bonchev–Trinajstić information content (AvgIpc) is 3.16. The van der Waals surface area contributed by atoms with Gasteiger partial charge in [-0.2, -0.15) is 0 Å². The molecule has 32 heavy (non-hydrogen) atoms. The molecule has 5 heteroatoms. The van der Waals surface area contributed by atoms with E-state index in [1.165, 1.54) is 22.9 Å². The lowest BCUT2D eigenvalue weighted by Gasteiger charge is -2.14. The maximum Gasteiger partial charge on any atom is 0.104 e. The lowest BCUT2D eigenvalue weighted by molar-refractivity contribution is 1.15. The van der Waals surface area contributed by atoms with Crippen LogP contribution in [0.2, 0.25) is 0 Å². The molecule has 0 spiro atoms. The minimum Gasteiger partial charge on any atom is -0.405 e. The number of aromatic amines is 1. The molecule has 4 N–H and O–H groups in total. The van der Waals surface area contributed by atoms with E-state index in [-0.39, 0.29) is 0 Å². The molecule has 2 aromatic carbocycles. The Morgan fingerprint density at radius 1 is 1.25 bits per heavy atom. The molecule has 0 fully saturated rings. The molecule has 0 saturated heterocycles. The minimum atomic E-state index is 0.732. The SMILES string of the molecule is C=CN/C=C(\C=C(C)C)c1ccc2[nH]c(C)nc2c1Cc1cccc(C(C=CN)=NC)c1. The molecule has 1 heterocycles. The van der Waals surface area contributed by atoms with Gasteiger partial charge >= 0.3 is 0 Å². The van der Waals surface area contributed by atoms with Gasteiger partial charge in [-0.25, -0.2) is 4.98 Å². The van der Waals surface area contributed by atoms with Crippen LogP contribution in [-0.2, 0) is 6.42 Å². The van der Waals surface area contributed by atoms with Gasteiger partial charge in [-0.3, -0.25) is 4.99 Å². The van der Waals surface area contributed by atoms with Gasteiger partial charge in [-0.05, 0) is 79.2 Å². The summed E-state index contributed by atoms with van der Waals surface area (Å²) >= 11 is 0. The molecule has 164 valence electrons. The lowest BCUT2D eigenvalue weighted by Crippen LogP contribution is -2.02. The highest BCUT2D eigenvalue weighted by Crippen LogP contribution is 2.30. The summed E-state index contributed by atoms with van der Waals surface area (Å²) in [6.07, 6.45) is 9.90. The zero-order chi connectivity index (χ0) is 23.1. The number of aryl methyl sites for hydroxylation is 1. The quantitative estimate of drug-likeness (QED) is 0.334. The zero-order valence-electron chi connectivity index (χ0n) is 19.2. The summed E-state index contributed by atoms with van der Waals surface area (Å²) in [5.41, 5.74) is 15.3. The van der Waals surface area contributed by atoms with Gasteiger partial charge in [0.15, 0.2) is 0 Å². The van der Waals surface area contributed by atoms with Crippen molar-refractivity contribution < 1.29 is 0 Å². The Bertz CT molecular complexity index is 1230. The number of fused-ring (bicyclic) bond motifs is 1. The predicted molar refractivity (Wildman–Crippen MR) is 137 cm³/mol. The van der Waals surface area contributed by atoms with E-state index in [4.69, 9.17) is 10.7 Å². The van der Waals surface area contributed by atoms with Crippen LogP contribution in [0.5, 0.6) is 0 Å². The first kappa shape index (κ1) is 22.8. The lowest BCUT2D eigenvalue weighted by atomic mass is 9.92. The maximum absolute atomic E-state index is 5.60. The summed E-state index contributed by atoms with van der Waals surface area (Å²) in [5, 5.41) is 3.14. The van der Waals surface area contributed by atoms with Crippen LogP contribution in [0.25, 0.3) is 16.6 Å². The van der Waals surface area contributed by atoms with Crippen LogP contribution in [0.4, 0.5) is 0 Å². The summed E-state index contributed by atoms with van der Waals surface area (Å²) in [4.78, 5) is 12.5. The van der Waals surface area contributed by atoms with Gasteiger partial charge < -0.3 is 16.0 Å². The molecular weight excluding hydrogens is 394 g/mol. The van der Waals surface area contributed by atoms with Gasteiger partial charge in [0, 0.05) is 19.7 Å². The predicted octanol–water partition coefficient (Wildman–Crippen LogP) is 5.39. The molecule has 0 radical (unpaired) electrons. The van der Waals surface area contributed by atoms with Crippen molar-refractivity contribution in [1.82, 2.24) is 15.3 Å². The number of nitrogens with zero attached hydrogens (tertiary/aromatic N) is 2. The molecule has 0 unspecified atom stereocenters. The first-order valence-corrected chi connectivity index (χ1v) is 10.6. The van der Waals surface area contributed by atoms with Crippen molar-refractivity contribution in [2.75, 3.05) is 7.05 Å². The molecule has 5 nitrogen and oxygen atoms in total. The van der Waals surface area contributed by atoms with Crippen molar-refractivity contribution >= 4 is 22.3 Å². The highest BCUT2D eigenvalue weighted by Gasteiger charge is 2.15. The van der Waals surface area contributed by atoms with Crippen LogP contribution < -0.4 is 11.1 Å². The van der Waals surface area contributed by atoms with Gasteiger partial charge in [-0.1, -0.05) is 42.5 Å². The van der Waals surface area contributed by atoms with Crippen LogP contribution in [0.1, 0.15) is 41.9 Å². The number of nitrogens with one attached hydrogen (secondary N) is 2. The highest BCUT2D eigenvalue weighted by molar-refractivity contribution is 6.08. The second-order valence-corrected chi connectivity index (χ2v) is 7.85. The van der Waals surface area contributed by atoms with Crippen molar-refractivity contribution in [3.05, 3.63) is 107 Å². The number of aliphatic imine (C=N–C) groups is 1. The van der Waals surface area contributed by atoms with Crippen molar-refractivity contribution in [3.63, 3.8) is 0 Å². The number of hydrogen-bond acceptors (Lipinski definition) is 4. The fourth-order valence-electron chi connectivity index (χ4n) is 3.80. The number of imidazole rings is 1. The fourth-order valence-corrected chi connectivity index (χ4v) is 3.80. The molecule has 0 aliphatic rings. The van der Waals surface area contributed by atoms with E-state index in [1.54, 1.807) is 13.2 Å². The Morgan fingerprint density at radius 3 is 2.75 bits per heavy atom. The van der Waals surface area contributed by atoms with E-state index >= 15 is 0 Å². The second-order valence-electron chi connectivity index (χ2n) is 7.85. The standard InChI is InChI=1S/C27H31N5/c1-6-30-17-22(14-18(2)3)23-10-11-26-27(32-19(4)31-26)24(23)16-20-8-7-9-21(15-20)25(29-5)12-13-28/h6-15,17,30H,1,16,28H2,2-5H3,(H,31,32)/b13-12?,22-17+,29-25?. The van der Waals surface area contributed by atoms with E-state index in [1.807, 2.05) is 19.2 Å². The van der Waals surface area contributed by atoms with E-state index in [9.17, 15) is 0 Å². The molecule has 1 aromatic heterocycles. The third-order valence-electron chi connectivity index (χ3n) is 5.09. The zero-order valence-corrected chi connectivity index (χ0v) is 19.2. The van der Waals surface area contributed by atoms with E-state index in [2.05, 4.69) is 78.2 Å². The van der Waals surface area contributed by atoms with Crippen molar-refractivity contribution in [3.8, 4) is 0 Å². The van der Waals surface area contributed by atoms with Crippen LogP contribution in [0, 0.1) is 6.92 Å². The average molecular weight is 426 g/mol. The molecule has 0 bridgehead atoms. The molecule has 0 saturated carbocycles. The number of H-pyrrole nitrogens is 1. The number of aromatic nitrogens is 2. The summed E-state index contributed by atoms with van der Waals surface area (Å²) < 4.78 is 0. The number of allylic oxidation sites excluding steroid dienone is 4. The monoisotopic (exact) mass is 425 g/mol. The van der Waals surface area contributed by atoms with E-state index < -0.39 is 0 Å². The third-order valence-corrected chi connectivity index (χ3v) is 5.09. The van der Waals surface area contributed by atoms with Crippen LogP contribution in [-0.4, -0.2) is 22.7 Å². The first-order chi connectivity index (χ1) is 15.5. The van der Waals surface area contributed by atoms with Gasteiger partial charge in [0.2, 0.25) is 0 Å². The molecule has 0 aliphatic heterocycles. The normalized spacial score (nSPS) is 12.4. The van der Waals surface area contributed by atoms with Gasteiger partial charge in [0.1, 0.15) is 5.82 Å². The Kier molecular flexibility index (Phi) is 7.45. The van der Waals surface area contributed by atoms with Crippen LogP contribution >= 0.6 is 0 Å². The largest absolute Gasteiger partial charge is 0.405 e. The highest BCUT2D eigenvalue weighted by atomic mass is 14.9. The number of benzene rings is 2. The summed E-state index contributed by atoms with van der Waals surface area (Å²) in [6.45, 7) is 9.96. The van der Waals surface area contributed by atoms with Crippen LogP contribution in [0.3, 0.4) is 0 Å². The first-order valence-electron chi connectivity index (χ1n) is 10.6. The Morgan fingerprint density at radius 2 is 2.06 bits per heavy atom. The molecule has 0 atom stereocenters. The van der Waals surface area contributed by atoms with Gasteiger partial charge in [0.25, 0.3) is 0 Å². The Hall–Kier alpha value is -3.86. The second kappa shape index (κ2) is 10.4. The molecule has 0 amide bonds. The number of nitrogens with two attached hydrogens (primary N) is 1. The van der Waals surface area contributed by atoms with Crippen molar-refractivity contribution in [1.29, 1.82) is 0 Å². The smallest absolute Gasteiger partial charge is 0.104 e. The molecule has 3 aromatic rings. The van der Waals surface area contributed by atoms with E-state index in [0.717, 1.165) is 45.7 Å². The third kappa shape index (κ3) is 5.24. The van der Waals surface area contributed by atoms with E-state index in [0.29, 0.717) is 0 Å². The molecular formula is C27H31N5. The fraction of sp³-hybridized carbons (Fsp3) is 0.185.